The minimum atomic E-state index is 0.461. The number of nitrogens with zero attached hydrogens (tertiary/aromatic N) is 4. The molecule has 0 saturated carbocycles. The average molecular weight is 268 g/mol. The SMILES string of the molecule is N#Cc1ccc(Sc2ncnc3nc[nH]c23)cc1N. The van der Waals surface area contributed by atoms with Gasteiger partial charge in [0.2, 0.25) is 0 Å². The molecule has 0 unspecified atom stereocenters. The lowest BCUT2D eigenvalue weighted by atomic mass is 10.2. The fourth-order valence-corrected chi connectivity index (χ4v) is 2.54. The molecule has 0 radical (unpaired) electrons. The van der Waals surface area contributed by atoms with Crippen LogP contribution >= 0.6 is 11.8 Å². The predicted octanol–water partition coefficient (Wildman–Crippen LogP) is 1.96. The van der Waals surface area contributed by atoms with Gasteiger partial charge >= 0.3 is 0 Å². The fourth-order valence-electron chi connectivity index (χ4n) is 1.64. The maximum absolute atomic E-state index is 8.84. The van der Waals surface area contributed by atoms with Gasteiger partial charge in [-0.05, 0) is 18.2 Å². The van der Waals surface area contributed by atoms with Crippen LogP contribution in [0.15, 0.2) is 40.8 Å². The molecule has 0 fully saturated rings. The first kappa shape index (κ1) is 11.5. The summed E-state index contributed by atoms with van der Waals surface area (Å²) in [7, 11) is 0. The number of H-pyrrole nitrogens is 1. The number of benzene rings is 1. The number of imidazole rings is 1. The van der Waals surface area contributed by atoms with Crippen molar-refractivity contribution in [2.75, 3.05) is 5.73 Å². The van der Waals surface area contributed by atoms with E-state index in [0.29, 0.717) is 16.9 Å². The Morgan fingerprint density at radius 1 is 1.26 bits per heavy atom. The summed E-state index contributed by atoms with van der Waals surface area (Å²) in [5, 5.41) is 9.61. The predicted molar refractivity (Wildman–Crippen MR) is 71.4 cm³/mol. The van der Waals surface area contributed by atoms with Crippen molar-refractivity contribution < 1.29 is 0 Å². The number of nitrogen functional groups attached to an aromatic ring is 1. The van der Waals surface area contributed by atoms with Crippen molar-refractivity contribution in [1.82, 2.24) is 19.9 Å². The first-order valence-corrected chi connectivity index (χ1v) is 6.21. The lowest BCUT2D eigenvalue weighted by Crippen LogP contribution is -1.91. The summed E-state index contributed by atoms with van der Waals surface area (Å²) in [5.74, 6) is 0. The van der Waals surface area contributed by atoms with Gasteiger partial charge in [0.15, 0.2) is 5.65 Å². The lowest BCUT2D eigenvalue weighted by Gasteiger charge is -2.03. The number of aromatic amines is 1. The van der Waals surface area contributed by atoms with E-state index in [2.05, 4.69) is 19.9 Å². The Hall–Kier alpha value is -2.59. The third-order valence-electron chi connectivity index (χ3n) is 2.55. The van der Waals surface area contributed by atoms with Crippen molar-refractivity contribution in [1.29, 1.82) is 5.26 Å². The van der Waals surface area contributed by atoms with Gasteiger partial charge in [-0.1, -0.05) is 11.8 Å². The van der Waals surface area contributed by atoms with E-state index < -0.39 is 0 Å². The van der Waals surface area contributed by atoms with Gasteiger partial charge in [-0.2, -0.15) is 5.26 Å². The zero-order chi connectivity index (χ0) is 13.2. The van der Waals surface area contributed by atoms with E-state index in [1.165, 1.54) is 18.1 Å². The van der Waals surface area contributed by atoms with Crippen LogP contribution in [0.1, 0.15) is 5.56 Å². The van der Waals surface area contributed by atoms with E-state index >= 15 is 0 Å². The van der Waals surface area contributed by atoms with Crippen molar-refractivity contribution in [3.05, 3.63) is 36.4 Å². The van der Waals surface area contributed by atoms with E-state index in [4.69, 9.17) is 11.0 Å². The van der Waals surface area contributed by atoms with Gasteiger partial charge in [0, 0.05) is 4.90 Å². The molecule has 3 aromatic rings. The molecule has 0 bridgehead atoms. The molecule has 3 N–H and O–H groups in total. The van der Waals surface area contributed by atoms with E-state index in [-0.39, 0.29) is 0 Å². The Balaban J connectivity index is 1.99. The van der Waals surface area contributed by atoms with E-state index in [0.717, 1.165) is 15.4 Å². The number of nitriles is 1. The molecule has 0 amide bonds. The average Bonchev–Trinajstić information content (AvgIpc) is 2.88. The van der Waals surface area contributed by atoms with Crippen LogP contribution in [0.2, 0.25) is 0 Å². The summed E-state index contributed by atoms with van der Waals surface area (Å²) in [6.07, 6.45) is 3.05. The topological polar surface area (TPSA) is 104 Å². The normalized spacial score (nSPS) is 10.5. The molecule has 6 nitrogen and oxygen atoms in total. The highest BCUT2D eigenvalue weighted by atomic mass is 32.2. The molecule has 0 saturated heterocycles. The van der Waals surface area contributed by atoms with Crippen LogP contribution in [0.4, 0.5) is 5.69 Å². The number of fused-ring (bicyclic) bond motifs is 1. The van der Waals surface area contributed by atoms with Gasteiger partial charge in [0.1, 0.15) is 22.9 Å². The minimum absolute atomic E-state index is 0.461. The van der Waals surface area contributed by atoms with Gasteiger partial charge in [-0.25, -0.2) is 15.0 Å². The Kier molecular flexibility index (Phi) is 2.78. The van der Waals surface area contributed by atoms with Gasteiger partial charge in [-0.15, -0.1) is 0 Å². The van der Waals surface area contributed by atoms with Crippen LogP contribution in [-0.4, -0.2) is 19.9 Å². The molecule has 0 spiro atoms. The minimum Gasteiger partial charge on any atom is -0.398 e. The first-order chi connectivity index (χ1) is 9.28. The lowest BCUT2D eigenvalue weighted by molar-refractivity contribution is 1.08. The summed E-state index contributed by atoms with van der Waals surface area (Å²) in [6, 6.07) is 7.33. The van der Waals surface area contributed by atoms with Crippen molar-refractivity contribution in [2.45, 2.75) is 9.92 Å². The van der Waals surface area contributed by atoms with Gasteiger partial charge in [-0.3, -0.25) is 0 Å². The van der Waals surface area contributed by atoms with Gasteiger partial charge in [0.25, 0.3) is 0 Å². The van der Waals surface area contributed by atoms with Crippen LogP contribution in [-0.2, 0) is 0 Å². The Morgan fingerprint density at radius 2 is 2.16 bits per heavy atom. The quantitative estimate of drug-likeness (QED) is 0.543. The zero-order valence-electron chi connectivity index (χ0n) is 9.66. The molecule has 19 heavy (non-hydrogen) atoms. The highest BCUT2D eigenvalue weighted by Crippen LogP contribution is 2.31. The summed E-state index contributed by atoms with van der Waals surface area (Å²) in [6.45, 7) is 0. The molecule has 7 heteroatoms. The highest BCUT2D eigenvalue weighted by Gasteiger charge is 2.08. The molecule has 3 rings (SSSR count). The summed E-state index contributed by atoms with van der Waals surface area (Å²) < 4.78 is 0. The smallest absolute Gasteiger partial charge is 0.181 e. The maximum atomic E-state index is 8.84. The molecule has 0 aliphatic rings. The van der Waals surface area contributed by atoms with E-state index in [1.54, 1.807) is 18.5 Å². The van der Waals surface area contributed by atoms with Crippen LogP contribution in [0, 0.1) is 11.3 Å². The molecular formula is C12H8N6S. The van der Waals surface area contributed by atoms with Crippen molar-refractivity contribution in [3.63, 3.8) is 0 Å². The number of hydrogen-bond donors (Lipinski definition) is 2. The number of aromatic nitrogens is 4. The summed E-state index contributed by atoms with van der Waals surface area (Å²) in [5.41, 5.74) is 8.13. The Labute approximate surface area is 112 Å². The fraction of sp³-hybridized carbons (Fsp3) is 0. The van der Waals surface area contributed by atoms with E-state index in [9.17, 15) is 0 Å². The summed E-state index contributed by atoms with van der Waals surface area (Å²) in [4.78, 5) is 16.3. The van der Waals surface area contributed by atoms with Crippen LogP contribution in [0.5, 0.6) is 0 Å². The first-order valence-electron chi connectivity index (χ1n) is 5.39. The molecule has 0 aliphatic heterocycles. The van der Waals surface area contributed by atoms with Crippen molar-refractivity contribution in [2.24, 2.45) is 0 Å². The monoisotopic (exact) mass is 268 g/mol. The maximum Gasteiger partial charge on any atom is 0.181 e. The molecule has 92 valence electrons. The Bertz CT molecular complexity index is 788. The van der Waals surface area contributed by atoms with Crippen molar-refractivity contribution in [3.8, 4) is 6.07 Å². The third kappa shape index (κ3) is 2.09. The number of nitrogens with one attached hydrogen (secondary N) is 1. The molecule has 2 heterocycles. The number of nitrogens with two attached hydrogens (primary N) is 1. The molecule has 2 aromatic heterocycles. The largest absolute Gasteiger partial charge is 0.398 e. The van der Waals surface area contributed by atoms with Gasteiger partial charge < -0.3 is 10.7 Å². The second-order valence-electron chi connectivity index (χ2n) is 3.74. The second-order valence-corrected chi connectivity index (χ2v) is 4.81. The van der Waals surface area contributed by atoms with E-state index in [1.807, 2.05) is 12.1 Å². The van der Waals surface area contributed by atoms with Crippen LogP contribution in [0.3, 0.4) is 0 Å². The second kappa shape index (κ2) is 4.59. The zero-order valence-corrected chi connectivity index (χ0v) is 10.5. The third-order valence-corrected chi connectivity index (χ3v) is 3.54. The number of anilines is 1. The van der Waals surface area contributed by atoms with Crippen molar-refractivity contribution >= 4 is 28.6 Å². The van der Waals surface area contributed by atoms with Crippen LogP contribution in [0.25, 0.3) is 11.2 Å². The highest BCUT2D eigenvalue weighted by molar-refractivity contribution is 7.99. The van der Waals surface area contributed by atoms with Gasteiger partial charge in [0.05, 0.1) is 17.6 Å². The Morgan fingerprint density at radius 3 is 2.95 bits per heavy atom. The molecular weight excluding hydrogens is 260 g/mol. The number of hydrogen-bond acceptors (Lipinski definition) is 6. The standard InChI is InChI=1S/C12H8N6S/c13-4-7-1-2-8(3-9(7)14)19-12-10-11(16-5-15-10)17-6-18-12/h1-3,5-6H,14H2,(H,15,16,17,18). The molecule has 0 atom stereocenters. The number of rotatable bonds is 2. The summed E-state index contributed by atoms with van der Waals surface area (Å²) >= 11 is 1.44. The molecule has 0 aliphatic carbocycles. The van der Waals surface area contributed by atoms with Crippen LogP contribution < -0.4 is 5.73 Å². The molecule has 1 aromatic carbocycles.